The minimum atomic E-state index is -1.39. The summed E-state index contributed by atoms with van der Waals surface area (Å²) in [5.41, 5.74) is 0.404. The van der Waals surface area contributed by atoms with Crippen LogP contribution >= 0.6 is 11.6 Å². The predicted octanol–water partition coefficient (Wildman–Crippen LogP) is 5.81. The molecule has 0 aliphatic heterocycles. The molecule has 328 valence electrons. The highest BCUT2D eigenvalue weighted by atomic mass is 35.5. The molecular formula is C45H41ClF4N6O7. The van der Waals surface area contributed by atoms with E-state index in [1.165, 1.54) is 56.3 Å². The molecule has 0 saturated heterocycles. The van der Waals surface area contributed by atoms with E-state index in [2.05, 4.69) is 10.6 Å². The van der Waals surface area contributed by atoms with Gasteiger partial charge in [0, 0.05) is 55.5 Å². The van der Waals surface area contributed by atoms with Gasteiger partial charge >= 0.3 is 5.69 Å². The van der Waals surface area contributed by atoms with Gasteiger partial charge in [-0.2, -0.15) is 0 Å². The summed E-state index contributed by atoms with van der Waals surface area (Å²) in [6.45, 7) is -1.38. The van der Waals surface area contributed by atoms with Crippen LogP contribution in [-0.4, -0.2) is 73.2 Å². The number of methoxy groups -OCH3 is 2. The highest BCUT2D eigenvalue weighted by Gasteiger charge is 2.29. The molecule has 0 saturated carbocycles. The summed E-state index contributed by atoms with van der Waals surface area (Å²) >= 11 is 6.32. The standard InChI is InChI=1S/C45H41ClF4N6O7/c1-53(33-6-10-35(62-3)11-7-33)43(59)37(19-26-15-29(47)22-30(48)16-26)51-41(57)24-55-39-14-5-28(46)21-40(39)56(45(55)61)25-42(58)52-38(20-27-17-31(49)23-32(50)18-27)44(60)54(2)34-8-12-36(63-4)13-9-34/h5-18,21-23,37-38H,19-20,24-25H2,1-4H3,(H,51,57)(H,52,58)/t37-,38-/m0/s1. The monoisotopic (exact) mass is 888 g/mol. The second-order valence-corrected chi connectivity index (χ2v) is 14.9. The van der Waals surface area contributed by atoms with E-state index in [-0.39, 0.29) is 40.0 Å². The van der Waals surface area contributed by atoms with E-state index < -0.39 is 77.8 Å². The molecule has 0 bridgehead atoms. The van der Waals surface area contributed by atoms with E-state index in [0.29, 0.717) is 35.0 Å². The van der Waals surface area contributed by atoms with Crippen molar-refractivity contribution in [1.29, 1.82) is 0 Å². The van der Waals surface area contributed by atoms with Crippen LogP contribution in [0.25, 0.3) is 11.0 Å². The molecule has 6 aromatic rings. The van der Waals surface area contributed by atoms with Crippen molar-refractivity contribution in [3.05, 3.63) is 153 Å². The van der Waals surface area contributed by atoms with Crippen molar-refractivity contribution >= 4 is 57.6 Å². The summed E-state index contributed by atoms with van der Waals surface area (Å²) in [6.07, 6.45) is -0.666. The number of carbonyl (C=O) groups is 4. The summed E-state index contributed by atoms with van der Waals surface area (Å²) in [6, 6.07) is 19.9. The maximum absolute atomic E-state index is 14.2. The Morgan fingerprint density at radius 1 is 0.587 bits per heavy atom. The van der Waals surface area contributed by atoms with Crippen molar-refractivity contribution in [3.63, 3.8) is 0 Å². The largest absolute Gasteiger partial charge is 0.497 e. The van der Waals surface area contributed by atoms with E-state index in [9.17, 15) is 41.5 Å². The second-order valence-electron chi connectivity index (χ2n) is 14.5. The van der Waals surface area contributed by atoms with Gasteiger partial charge in [-0.05, 0) is 102 Å². The maximum atomic E-state index is 14.2. The van der Waals surface area contributed by atoms with Gasteiger partial charge in [0.05, 0.1) is 25.3 Å². The lowest BCUT2D eigenvalue weighted by atomic mass is 10.0. The molecule has 0 fully saturated rings. The zero-order chi connectivity index (χ0) is 45.5. The zero-order valence-corrected chi connectivity index (χ0v) is 35.1. The van der Waals surface area contributed by atoms with E-state index in [1.54, 1.807) is 48.5 Å². The third kappa shape index (κ3) is 11.0. The molecule has 6 rings (SSSR count). The van der Waals surface area contributed by atoms with Gasteiger partial charge in [0.15, 0.2) is 0 Å². The summed E-state index contributed by atoms with van der Waals surface area (Å²) in [5, 5.41) is 5.38. The number of rotatable bonds is 16. The fourth-order valence-electron chi connectivity index (χ4n) is 7.03. The highest BCUT2D eigenvalue weighted by Crippen LogP contribution is 2.23. The quantitative estimate of drug-likeness (QED) is 0.117. The average molecular weight is 889 g/mol. The fraction of sp³-hybridized carbons (Fsp3) is 0.222. The molecule has 0 spiro atoms. The Balaban J connectivity index is 1.27. The number of ether oxygens (including phenoxy) is 2. The third-order valence-corrected chi connectivity index (χ3v) is 10.4. The third-order valence-electron chi connectivity index (χ3n) is 10.2. The Bertz CT molecular complexity index is 2690. The van der Waals surface area contributed by atoms with E-state index in [4.69, 9.17) is 21.1 Å². The summed E-state index contributed by atoms with van der Waals surface area (Å²) in [7, 11) is 5.85. The topological polar surface area (TPSA) is 144 Å². The second kappa shape index (κ2) is 19.7. The Kier molecular flexibility index (Phi) is 14.2. The molecule has 5 aromatic carbocycles. The maximum Gasteiger partial charge on any atom is 0.330 e. The predicted molar refractivity (Wildman–Crippen MR) is 228 cm³/mol. The van der Waals surface area contributed by atoms with Crippen molar-refractivity contribution in [2.45, 2.75) is 38.0 Å². The molecule has 0 radical (unpaired) electrons. The van der Waals surface area contributed by atoms with E-state index in [0.717, 1.165) is 33.4 Å². The van der Waals surface area contributed by atoms with Crippen LogP contribution in [0.3, 0.4) is 0 Å². The van der Waals surface area contributed by atoms with E-state index in [1.807, 2.05) is 0 Å². The SMILES string of the molecule is COc1ccc(N(C)C(=O)[C@H](Cc2cc(F)cc(F)c2)NC(=O)Cn2c(=O)n(CC(=O)N[C@@H](Cc3cc(F)cc(F)c3)C(=O)N(C)c3ccc(OC)cc3)c3cc(Cl)ccc32)cc1. The molecule has 0 unspecified atom stereocenters. The van der Waals surface area contributed by atoms with Crippen LogP contribution in [-0.2, 0) is 45.1 Å². The van der Waals surface area contributed by atoms with E-state index >= 15 is 0 Å². The molecule has 18 heteroatoms. The van der Waals surface area contributed by atoms with Gasteiger partial charge in [0.2, 0.25) is 23.6 Å². The average Bonchev–Trinajstić information content (AvgIpc) is 3.49. The Labute approximate surface area is 363 Å². The van der Waals surface area contributed by atoms with Crippen molar-refractivity contribution in [1.82, 2.24) is 19.8 Å². The molecular weight excluding hydrogens is 848 g/mol. The van der Waals surface area contributed by atoms with Crippen molar-refractivity contribution in [2.75, 3.05) is 38.1 Å². The Hall–Kier alpha value is -7.14. The number of hydrogen-bond acceptors (Lipinski definition) is 7. The number of nitrogens with zero attached hydrogens (tertiary/aromatic N) is 4. The van der Waals surface area contributed by atoms with Gasteiger partial charge in [-0.15, -0.1) is 0 Å². The van der Waals surface area contributed by atoms with Crippen LogP contribution in [0.5, 0.6) is 11.5 Å². The molecule has 2 N–H and O–H groups in total. The smallest absolute Gasteiger partial charge is 0.330 e. The molecule has 63 heavy (non-hydrogen) atoms. The number of carbonyl (C=O) groups excluding carboxylic acids is 4. The number of imidazole rings is 1. The molecule has 13 nitrogen and oxygen atoms in total. The van der Waals surface area contributed by atoms with Gasteiger partial charge in [-0.3, -0.25) is 28.3 Å². The van der Waals surface area contributed by atoms with Crippen LogP contribution in [0.15, 0.2) is 108 Å². The summed E-state index contributed by atoms with van der Waals surface area (Å²) in [5.74, 6) is -5.54. The van der Waals surface area contributed by atoms with Gasteiger partial charge in [0.25, 0.3) is 0 Å². The summed E-state index contributed by atoms with van der Waals surface area (Å²) < 4.78 is 69.4. The number of amides is 4. The van der Waals surface area contributed by atoms with Crippen LogP contribution in [0, 0.1) is 23.3 Å². The lowest BCUT2D eigenvalue weighted by Gasteiger charge is -2.25. The summed E-state index contributed by atoms with van der Waals surface area (Å²) in [4.78, 5) is 72.1. The van der Waals surface area contributed by atoms with Crippen molar-refractivity contribution in [2.24, 2.45) is 0 Å². The number of benzene rings is 5. The first-order chi connectivity index (χ1) is 30.0. The van der Waals surface area contributed by atoms with Crippen LogP contribution in [0.1, 0.15) is 11.1 Å². The highest BCUT2D eigenvalue weighted by molar-refractivity contribution is 6.31. The first-order valence-electron chi connectivity index (χ1n) is 19.2. The molecule has 0 aliphatic carbocycles. The lowest BCUT2D eigenvalue weighted by molar-refractivity contribution is -0.128. The van der Waals surface area contributed by atoms with Crippen molar-refractivity contribution < 1.29 is 46.2 Å². The number of halogens is 5. The number of hydrogen-bond donors (Lipinski definition) is 2. The molecule has 1 heterocycles. The molecule has 4 amide bonds. The molecule has 2 atom stereocenters. The Morgan fingerprint density at radius 2 is 0.968 bits per heavy atom. The van der Waals surface area contributed by atoms with Gasteiger partial charge in [0.1, 0.15) is 59.9 Å². The van der Waals surface area contributed by atoms with Crippen molar-refractivity contribution in [3.8, 4) is 11.5 Å². The number of likely N-dealkylation sites (N-methyl/N-ethyl adjacent to an activating group) is 2. The van der Waals surface area contributed by atoms with Gasteiger partial charge in [-0.1, -0.05) is 11.6 Å². The minimum absolute atomic E-state index is 0.0651. The van der Waals surface area contributed by atoms with Gasteiger partial charge < -0.3 is 29.9 Å². The fourth-order valence-corrected chi connectivity index (χ4v) is 7.19. The normalized spacial score (nSPS) is 12.0. The zero-order valence-electron chi connectivity index (χ0n) is 34.3. The van der Waals surface area contributed by atoms with Gasteiger partial charge in [-0.25, -0.2) is 22.4 Å². The molecule has 0 aliphatic rings. The minimum Gasteiger partial charge on any atom is -0.497 e. The first kappa shape index (κ1) is 45.4. The number of aromatic nitrogens is 2. The number of anilines is 2. The number of nitrogens with one attached hydrogen (secondary N) is 2. The van der Waals surface area contributed by atoms with Crippen LogP contribution in [0.2, 0.25) is 5.02 Å². The number of fused-ring (bicyclic) bond motifs is 1. The van der Waals surface area contributed by atoms with Crippen LogP contribution in [0.4, 0.5) is 28.9 Å². The first-order valence-corrected chi connectivity index (χ1v) is 19.6. The Morgan fingerprint density at radius 3 is 1.35 bits per heavy atom. The van der Waals surface area contributed by atoms with Crippen LogP contribution < -0.4 is 35.6 Å². The molecule has 1 aromatic heterocycles. The lowest BCUT2D eigenvalue weighted by Crippen LogP contribution is -2.50.